The minimum atomic E-state index is -2.51. The first-order chi connectivity index (χ1) is 9.30. The maximum atomic E-state index is 6.35. The Balaban J connectivity index is 1.65. The molecule has 0 saturated heterocycles. The molecule has 0 radical (unpaired) electrons. The Bertz CT molecular complexity index is 268. The highest BCUT2D eigenvalue weighted by atomic mass is 28.4. The molecule has 0 spiro atoms. The summed E-state index contributed by atoms with van der Waals surface area (Å²) in [6, 6.07) is 0.774. The summed E-state index contributed by atoms with van der Waals surface area (Å²) in [4.78, 5) is 0. The van der Waals surface area contributed by atoms with E-state index in [1.165, 1.54) is 57.8 Å². The Hall–Kier alpha value is -0.163. The van der Waals surface area contributed by atoms with Gasteiger partial charge in [0.05, 0.1) is 0 Å². The Labute approximate surface area is 117 Å². The molecule has 0 aromatic rings. The highest BCUT2D eigenvalue weighted by Gasteiger charge is 2.48. The number of hydrogen-bond donors (Lipinski definition) is 0. The van der Waals surface area contributed by atoms with E-state index in [4.69, 9.17) is 13.3 Å². The largest absolute Gasteiger partial charge is 0.505 e. The molecular formula is C15H26O3Si. The van der Waals surface area contributed by atoms with Gasteiger partial charge in [0.2, 0.25) is 0 Å². The van der Waals surface area contributed by atoms with Crippen LogP contribution in [-0.4, -0.2) is 27.1 Å². The van der Waals surface area contributed by atoms with Gasteiger partial charge in [-0.3, -0.25) is 0 Å². The van der Waals surface area contributed by atoms with Crippen molar-refractivity contribution in [1.29, 1.82) is 0 Å². The molecule has 0 unspecified atom stereocenters. The van der Waals surface area contributed by atoms with E-state index in [9.17, 15) is 0 Å². The van der Waals surface area contributed by atoms with Crippen LogP contribution in [0.1, 0.15) is 57.8 Å². The molecule has 108 valence electrons. The number of rotatable bonds is 8. The zero-order chi connectivity index (χ0) is 13.1. The van der Waals surface area contributed by atoms with Crippen LogP contribution in [0.15, 0.2) is 12.7 Å². The van der Waals surface area contributed by atoms with Crippen LogP contribution in [0, 0.1) is 0 Å². The van der Waals surface area contributed by atoms with E-state index in [0.717, 1.165) is 6.04 Å². The summed E-state index contributed by atoms with van der Waals surface area (Å²) >= 11 is 0. The van der Waals surface area contributed by atoms with Gasteiger partial charge in [0.15, 0.2) is 0 Å². The van der Waals surface area contributed by atoms with Gasteiger partial charge in [-0.1, -0.05) is 6.08 Å². The van der Waals surface area contributed by atoms with Gasteiger partial charge in [-0.15, -0.1) is 6.58 Å². The van der Waals surface area contributed by atoms with Gasteiger partial charge in [-0.25, -0.2) is 0 Å². The Kier molecular flexibility index (Phi) is 4.42. The molecule has 19 heavy (non-hydrogen) atoms. The molecule has 3 saturated carbocycles. The molecule has 3 aliphatic rings. The summed E-state index contributed by atoms with van der Waals surface area (Å²) in [7, 11) is -2.51. The van der Waals surface area contributed by atoms with Gasteiger partial charge in [0.1, 0.15) is 0 Å². The lowest BCUT2D eigenvalue weighted by molar-refractivity contribution is -0.0632. The van der Waals surface area contributed by atoms with Crippen molar-refractivity contribution < 1.29 is 13.3 Å². The highest BCUT2D eigenvalue weighted by molar-refractivity contribution is 6.61. The zero-order valence-electron chi connectivity index (χ0n) is 11.8. The van der Waals surface area contributed by atoms with Crippen molar-refractivity contribution >= 4 is 8.80 Å². The second-order valence-electron chi connectivity index (χ2n) is 6.19. The molecule has 3 fully saturated rings. The van der Waals surface area contributed by atoms with Crippen molar-refractivity contribution in [3.63, 3.8) is 0 Å². The predicted octanol–water partition coefficient (Wildman–Crippen LogP) is 3.82. The molecule has 0 heterocycles. The minimum absolute atomic E-state index is 0.381. The van der Waals surface area contributed by atoms with E-state index >= 15 is 0 Å². The van der Waals surface area contributed by atoms with Crippen molar-refractivity contribution in [2.75, 3.05) is 0 Å². The van der Waals surface area contributed by atoms with Gasteiger partial charge in [0, 0.05) is 24.4 Å². The van der Waals surface area contributed by atoms with Gasteiger partial charge in [-0.05, 0) is 57.8 Å². The average Bonchev–Trinajstić information content (AvgIpc) is 2.24. The fraction of sp³-hybridized carbons (Fsp3) is 0.867. The van der Waals surface area contributed by atoms with E-state index in [1.54, 1.807) is 0 Å². The minimum Gasteiger partial charge on any atom is -0.370 e. The topological polar surface area (TPSA) is 27.7 Å². The summed E-state index contributed by atoms with van der Waals surface area (Å²) in [6.45, 7) is 3.89. The van der Waals surface area contributed by atoms with E-state index in [0.29, 0.717) is 18.3 Å². The monoisotopic (exact) mass is 282 g/mol. The van der Waals surface area contributed by atoms with Gasteiger partial charge < -0.3 is 13.3 Å². The molecule has 3 aliphatic carbocycles. The molecule has 0 bridgehead atoms. The average molecular weight is 282 g/mol. The molecule has 3 nitrogen and oxygen atoms in total. The Morgan fingerprint density at radius 2 is 1.16 bits per heavy atom. The molecule has 0 amide bonds. The van der Waals surface area contributed by atoms with Crippen LogP contribution in [0.2, 0.25) is 6.04 Å². The van der Waals surface area contributed by atoms with Crippen LogP contribution in [0.4, 0.5) is 0 Å². The van der Waals surface area contributed by atoms with Crippen molar-refractivity contribution in [2.45, 2.75) is 82.1 Å². The van der Waals surface area contributed by atoms with Crippen LogP contribution in [0.25, 0.3) is 0 Å². The second-order valence-corrected chi connectivity index (χ2v) is 8.67. The first-order valence-electron chi connectivity index (χ1n) is 7.94. The van der Waals surface area contributed by atoms with Crippen molar-refractivity contribution in [3.8, 4) is 0 Å². The lowest BCUT2D eigenvalue weighted by Crippen LogP contribution is -2.55. The maximum Gasteiger partial charge on any atom is 0.505 e. The summed E-state index contributed by atoms with van der Waals surface area (Å²) in [5.74, 6) is 0. The molecule has 0 atom stereocenters. The molecule has 0 N–H and O–H groups in total. The van der Waals surface area contributed by atoms with Gasteiger partial charge >= 0.3 is 8.80 Å². The first kappa shape index (κ1) is 13.8. The summed E-state index contributed by atoms with van der Waals surface area (Å²) in [5.41, 5.74) is 0. The molecule has 3 rings (SSSR count). The highest BCUT2D eigenvalue weighted by Crippen LogP contribution is 2.36. The van der Waals surface area contributed by atoms with Crippen molar-refractivity contribution in [1.82, 2.24) is 0 Å². The van der Waals surface area contributed by atoms with E-state index < -0.39 is 8.80 Å². The van der Waals surface area contributed by atoms with Crippen LogP contribution >= 0.6 is 0 Å². The Morgan fingerprint density at radius 1 is 0.789 bits per heavy atom. The third-order valence-corrected chi connectivity index (χ3v) is 7.46. The quantitative estimate of drug-likeness (QED) is 0.500. The number of hydrogen-bond acceptors (Lipinski definition) is 3. The van der Waals surface area contributed by atoms with E-state index in [1.807, 2.05) is 6.08 Å². The summed E-state index contributed by atoms with van der Waals surface area (Å²) in [5, 5.41) is 0. The van der Waals surface area contributed by atoms with E-state index in [2.05, 4.69) is 6.58 Å². The van der Waals surface area contributed by atoms with Gasteiger partial charge in [-0.2, -0.15) is 0 Å². The van der Waals surface area contributed by atoms with Gasteiger partial charge in [0.25, 0.3) is 0 Å². The van der Waals surface area contributed by atoms with Crippen LogP contribution in [0.3, 0.4) is 0 Å². The lowest BCUT2D eigenvalue weighted by atomic mass is 9.97. The zero-order valence-corrected chi connectivity index (χ0v) is 12.8. The fourth-order valence-electron chi connectivity index (χ4n) is 2.63. The fourth-order valence-corrected chi connectivity index (χ4v) is 5.67. The number of allylic oxidation sites excluding steroid dienone is 1. The normalized spacial score (nSPS) is 25.5. The van der Waals surface area contributed by atoms with Crippen LogP contribution < -0.4 is 0 Å². The smallest absolute Gasteiger partial charge is 0.370 e. The lowest BCUT2D eigenvalue weighted by Gasteiger charge is -2.43. The van der Waals surface area contributed by atoms with Crippen LogP contribution in [-0.2, 0) is 13.3 Å². The summed E-state index contributed by atoms with van der Waals surface area (Å²) < 4.78 is 19.1. The first-order valence-corrected chi connectivity index (χ1v) is 9.87. The molecule has 0 aromatic carbocycles. The standard InChI is InChI=1S/C15H26O3Si/c1-2-12-19(16-13-6-3-7-13,17-14-8-4-9-14)18-15-10-5-11-15/h2,13-15H,1,3-12H2. The molecule has 0 aliphatic heterocycles. The molecular weight excluding hydrogens is 256 g/mol. The molecule has 0 aromatic heterocycles. The SMILES string of the molecule is C=CC[Si](OC1CCC1)(OC1CCC1)OC1CCC1. The third kappa shape index (κ3) is 3.30. The van der Waals surface area contributed by atoms with Crippen molar-refractivity contribution in [2.24, 2.45) is 0 Å². The van der Waals surface area contributed by atoms with Crippen LogP contribution in [0.5, 0.6) is 0 Å². The Morgan fingerprint density at radius 3 is 1.37 bits per heavy atom. The third-order valence-electron chi connectivity index (χ3n) is 4.59. The summed E-state index contributed by atoms with van der Waals surface area (Å²) in [6.07, 6.45) is 14.0. The second kappa shape index (κ2) is 6.08. The predicted molar refractivity (Wildman–Crippen MR) is 76.9 cm³/mol. The molecule has 4 heteroatoms. The maximum absolute atomic E-state index is 6.35. The van der Waals surface area contributed by atoms with E-state index in [-0.39, 0.29) is 0 Å². The van der Waals surface area contributed by atoms with Crippen molar-refractivity contribution in [3.05, 3.63) is 12.7 Å².